The van der Waals surface area contributed by atoms with Gasteiger partial charge in [-0.3, -0.25) is 0 Å². The van der Waals surface area contributed by atoms with Gasteiger partial charge in [0.1, 0.15) is 0 Å². The third-order valence-corrected chi connectivity index (χ3v) is 3.93. The molecule has 0 fully saturated rings. The maximum absolute atomic E-state index is 14.6. The first-order valence-corrected chi connectivity index (χ1v) is 6.40. The van der Waals surface area contributed by atoms with E-state index in [4.69, 9.17) is 0 Å². The number of hydrogen-bond acceptors (Lipinski definition) is 1. The molecule has 3 rings (SSSR count). The summed E-state index contributed by atoms with van der Waals surface area (Å²) in [5, 5.41) is 1.59. The average Bonchev–Trinajstić information content (AvgIpc) is 2.49. The molecule has 0 aliphatic heterocycles. The Morgan fingerprint density at radius 1 is 1.11 bits per heavy atom. The monoisotopic (exact) mass is 264 g/mol. The Morgan fingerprint density at radius 3 is 2.33 bits per heavy atom. The van der Waals surface area contributed by atoms with Gasteiger partial charge in [-0.05, 0) is 16.3 Å². The van der Waals surface area contributed by atoms with Crippen LogP contribution in [0.3, 0.4) is 0 Å². The molecule has 1 unspecified atom stereocenters. The summed E-state index contributed by atoms with van der Waals surface area (Å²) in [6.07, 6.45) is 0. The molecular weight excluding hydrogens is 250 g/mol. The molecule has 0 N–H and O–H groups in total. The second-order valence-electron chi connectivity index (χ2n) is 5.46. The lowest BCUT2D eigenvalue weighted by Gasteiger charge is -2.32. The summed E-state index contributed by atoms with van der Waals surface area (Å²) >= 11 is 4.39. The van der Waals surface area contributed by atoms with Gasteiger partial charge in [0.2, 0.25) is 0 Å². The van der Waals surface area contributed by atoms with Crippen LogP contribution in [-0.4, -0.2) is 4.75 Å². The summed E-state index contributed by atoms with van der Waals surface area (Å²) in [7, 11) is 0. The quantitative estimate of drug-likeness (QED) is 0.707. The smallest absolute Gasteiger partial charge is 0.201 e. The summed E-state index contributed by atoms with van der Waals surface area (Å²) in [5.41, 5.74) is 0.857. The topological polar surface area (TPSA) is 0 Å². The van der Waals surface area contributed by atoms with Crippen molar-refractivity contribution >= 4 is 23.4 Å². The normalized spacial score (nSPS) is 21.5. The predicted octanol–water partition coefficient (Wildman–Crippen LogP) is 4.74. The van der Waals surface area contributed by atoms with Crippen molar-refractivity contribution in [3.8, 4) is 0 Å². The van der Waals surface area contributed by atoms with Crippen molar-refractivity contribution in [3.05, 3.63) is 47.5 Å². The zero-order chi connectivity index (χ0) is 13.1. The van der Waals surface area contributed by atoms with Gasteiger partial charge in [0.15, 0.2) is 0 Å². The van der Waals surface area contributed by atoms with Gasteiger partial charge in [0, 0.05) is 10.3 Å². The highest BCUT2D eigenvalue weighted by atomic mass is 32.1. The SMILES string of the molecule is CC(C)(S)C1c2cccc3cccc(c23)C1(F)F. The van der Waals surface area contributed by atoms with Crippen molar-refractivity contribution in [1.82, 2.24) is 0 Å². The molecule has 1 aliphatic rings. The fourth-order valence-corrected chi connectivity index (χ4v) is 3.36. The van der Waals surface area contributed by atoms with Crippen LogP contribution in [0.4, 0.5) is 8.78 Å². The van der Waals surface area contributed by atoms with Gasteiger partial charge in [0.25, 0.3) is 5.92 Å². The molecule has 18 heavy (non-hydrogen) atoms. The number of benzene rings is 2. The van der Waals surface area contributed by atoms with Crippen LogP contribution in [0.2, 0.25) is 0 Å². The summed E-state index contributed by atoms with van der Waals surface area (Å²) in [6, 6.07) is 10.6. The van der Waals surface area contributed by atoms with Crippen LogP contribution >= 0.6 is 12.6 Å². The summed E-state index contributed by atoms with van der Waals surface area (Å²) in [6.45, 7) is 3.50. The minimum Gasteiger partial charge on any atom is -0.201 e. The number of thiol groups is 1. The van der Waals surface area contributed by atoms with E-state index in [1.54, 1.807) is 26.0 Å². The number of halogens is 2. The van der Waals surface area contributed by atoms with Crippen LogP contribution < -0.4 is 0 Å². The Kier molecular flexibility index (Phi) is 2.31. The molecule has 0 nitrogen and oxygen atoms in total. The second-order valence-corrected chi connectivity index (χ2v) is 6.61. The molecule has 2 aromatic carbocycles. The molecule has 3 heteroatoms. The van der Waals surface area contributed by atoms with Crippen LogP contribution in [0.15, 0.2) is 36.4 Å². The number of hydrogen-bond donors (Lipinski definition) is 1. The van der Waals surface area contributed by atoms with Gasteiger partial charge < -0.3 is 0 Å². The van der Waals surface area contributed by atoms with Crippen LogP contribution in [-0.2, 0) is 5.92 Å². The first-order chi connectivity index (χ1) is 8.33. The summed E-state index contributed by atoms with van der Waals surface area (Å²) in [5.74, 6) is -3.73. The summed E-state index contributed by atoms with van der Waals surface area (Å²) in [4.78, 5) is 0. The third-order valence-electron chi connectivity index (χ3n) is 3.68. The van der Waals surface area contributed by atoms with Crippen molar-refractivity contribution in [2.45, 2.75) is 30.4 Å². The fraction of sp³-hybridized carbons (Fsp3) is 0.333. The van der Waals surface area contributed by atoms with E-state index >= 15 is 0 Å². The lowest BCUT2D eigenvalue weighted by molar-refractivity contribution is -0.0351. The fourth-order valence-electron chi connectivity index (χ4n) is 3.06. The summed E-state index contributed by atoms with van der Waals surface area (Å²) < 4.78 is 28.5. The Morgan fingerprint density at radius 2 is 1.72 bits per heavy atom. The van der Waals surface area contributed by atoms with Gasteiger partial charge >= 0.3 is 0 Å². The molecule has 0 aromatic heterocycles. The van der Waals surface area contributed by atoms with Gasteiger partial charge in [-0.25, -0.2) is 8.78 Å². The minimum atomic E-state index is -2.85. The van der Waals surface area contributed by atoms with Crippen molar-refractivity contribution in [3.63, 3.8) is 0 Å². The van der Waals surface area contributed by atoms with Crippen LogP contribution in [0.1, 0.15) is 30.9 Å². The molecule has 1 atom stereocenters. The molecule has 0 amide bonds. The van der Waals surface area contributed by atoms with E-state index in [1.165, 1.54) is 6.07 Å². The third kappa shape index (κ3) is 1.43. The van der Waals surface area contributed by atoms with Crippen molar-refractivity contribution < 1.29 is 8.78 Å². The van der Waals surface area contributed by atoms with E-state index in [0.717, 1.165) is 5.39 Å². The van der Waals surface area contributed by atoms with Crippen molar-refractivity contribution in [2.24, 2.45) is 0 Å². The first-order valence-electron chi connectivity index (χ1n) is 5.96. The maximum Gasteiger partial charge on any atom is 0.281 e. The van der Waals surface area contributed by atoms with Gasteiger partial charge in [-0.15, -0.1) is 0 Å². The van der Waals surface area contributed by atoms with E-state index < -0.39 is 16.6 Å². The van der Waals surface area contributed by atoms with Crippen molar-refractivity contribution in [1.29, 1.82) is 0 Å². The van der Waals surface area contributed by atoms with Gasteiger partial charge in [-0.2, -0.15) is 12.6 Å². The first kappa shape index (κ1) is 12.0. The van der Waals surface area contributed by atoms with Crippen molar-refractivity contribution in [2.75, 3.05) is 0 Å². The molecule has 94 valence electrons. The lowest BCUT2D eigenvalue weighted by atomic mass is 9.86. The molecule has 2 aromatic rings. The van der Waals surface area contributed by atoms with E-state index in [9.17, 15) is 8.78 Å². The van der Waals surface area contributed by atoms with Crippen LogP contribution in [0, 0.1) is 0 Å². The highest BCUT2D eigenvalue weighted by molar-refractivity contribution is 7.81. The molecule has 0 saturated carbocycles. The largest absolute Gasteiger partial charge is 0.281 e. The van der Waals surface area contributed by atoms with E-state index in [-0.39, 0.29) is 5.56 Å². The lowest BCUT2D eigenvalue weighted by Crippen LogP contribution is -2.33. The molecule has 0 saturated heterocycles. The van der Waals surface area contributed by atoms with Crippen LogP contribution in [0.25, 0.3) is 10.8 Å². The minimum absolute atomic E-state index is 0.141. The molecular formula is C15H14F2S. The Bertz CT molecular complexity index is 621. The zero-order valence-corrected chi connectivity index (χ0v) is 11.1. The highest BCUT2D eigenvalue weighted by Crippen LogP contribution is 2.58. The highest BCUT2D eigenvalue weighted by Gasteiger charge is 2.54. The molecule has 0 radical (unpaired) electrons. The predicted molar refractivity (Wildman–Crippen MR) is 73.6 cm³/mol. The molecule has 0 heterocycles. The second kappa shape index (κ2) is 3.47. The Balaban J connectivity index is 2.41. The zero-order valence-electron chi connectivity index (χ0n) is 10.2. The Hall–Kier alpha value is -1.09. The molecule has 1 aliphatic carbocycles. The standard InChI is InChI=1S/C15H14F2S/c1-14(2,18)13-10-7-3-5-9-6-4-8-11(12(9)10)15(13,16)17/h3-8,13,18H,1-2H3. The number of alkyl halides is 2. The van der Waals surface area contributed by atoms with Gasteiger partial charge in [-0.1, -0.05) is 50.2 Å². The van der Waals surface area contributed by atoms with E-state index in [0.29, 0.717) is 10.9 Å². The van der Waals surface area contributed by atoms with Crippen LogP contribution in [0.5, 0.6) is 0 Å². The van der Waals surface area contributed by atoms with E-state index in [2.05, 4.69) is 12.6 Å². The Labute approximate surface area is 110 Å². The molecule has 0 spiro atoms. The number of rotatable bonds is 1. The van der Waals surface area contributed by atoms with E-state index in [1.807, 2.05) is 18.2 Å². The van der Waals surface area contributed by atoms with Gasteiger partial charge in [0.05, 0.1) is 5.92 Å². The average molecular weight is 264 g/mol. The maximum atomic E-state index is 14.6. The molecule has 0 bridgehead atoms.